The van der Waals surface area contributed by atoms with Crippen LogP contribution in [0.3, 0.4) is 0 Å². The van der Waals surface area contributed by atoms with Crippen LogP contribution in [0.5, 0.6) is 0 Å². The summed E-state index contributed by atoms with van der Waals surface area (Å²) in [5.41, 5.74) is 4.46. The minimum absolute atomic E-state index is 0.530. The van der Waals surface area contributed by atoms with Gasteiger partial charge in [-0.15, -0.1) is 0 Å². The lowest BCUT2D eigenvalue weighted by molar-refractivity contribution is 0.0681. The van der Waals surface area contributed by atoms with Gasteiger partial charge in [0.2, 0.25) is 0 Å². The summed E-state index contributed by atoms with van der Waals surface area (Å²) in [7, 11) is 4.53. The quantitative estimate of drug-likeness (QED) is 0.400. The molecule has 5 rings (SSSR count). The Morgan fingerprint density at radius 1 is 0.625 bits per heavy atom. The highest BCUT2D eigenvalue weighted by Crippen LogP contribution is 2.28. The maximum absolute atomic E-state index is 4.91. The van der Waals surface area contributed by atoms with Crippen LogP contribution in [-0.2, 0) is 13.1 Å². The molecule has 4 heteroatoms. The van der Waals surface area contributed by atoms with Gasteiger partial charge in [0.05, 0.1) is 22.4 Å². The van der Waals surface area contributed by atoms with Crippen molar-refractivity contribution in [2.75, 3.05) is 14.1 Å². The van der Waals surface area contributed by atoms with Crippen molar-refractivity contribution >= 4 is 21.8 Å². The molecular formula is C28H32N4. The zero-order chi connectivity index (χ0) is 21.9. The molecule has 2 heterocycles. The Hall–Kier alpha value is -2.82. The average Bonchev–Trinajstić information content (AvgIpc) is 2.84. The van der Waals surface area contributed by atoms with Gasteiger partial charge in [0.1, 0.15) is 0 Å². The number of nitrogens with zero attached hydrogens (tertiary/aromatic N) is 4. The van der Waals surface area contributed by atoms with Crippen LogP contribution in [0.2, 0.25) is 0 Å². The maximum atomic E-state index is 4.91. The van der Waals surface area contributed by atoms with E-state index < -0.39 is 0 Å². The van der Waals surface area contributed by atoms with E-state index in [0.717, 1.165) is 35.5 Å². The largest absolute Gasteiger partial charge is 0.296 e. The molecule has 2 aromatic carbocycles. The van der Waals surface area contributed by atoms with Crippen molar-refractivity contribution < 1.29 is 0 Å². The molecule has 1 saturated carbocycles. The molecule has 1 fully saturated rings. The smallest absolute Gasteiger partial charge is 0.0705 e. The Morgan fingerprint density at radius 2 is 1.06 bits per heavy atom. The highest BCUT2D eigenvalue weighted by Gasteiger charge is 2.31. The Bertz CT molecular complexity index is 1110. The monoisotopic (exact) mass is 424 g/mol. The average molecular weight is 425 g/mol. The van der Waals surface area contributed by atoms with Crippen molar-refractivity contribution in [3.8, 4) is 0 Å². The van der Waals surface area contributed by atoms with Gasteiger partial charge in [0.15, 0.2) is 0 Å². The van der Waals surface area contributed by atoms with Crippen LogP contribution in [0.1, 0.15) is 37.1 Å². The van der Waals surface area contributed by atoms with E-state index in [1.165, 1.54) is 36.5 Å². The Morgan fingerprint density at radius 3 is 1.53 bits per heavy atom. The normalized spacial score (nSPS) is 19.2. The number of pyridine rings is 2. The minimum Gasteiger partial charge on any atom is -0.296 e. The third kappa shape index (κ3) is 4.52. The van der Waals surface area contributed by atoms with E-state index in [2.05, 4.69) is 96.7 Å². The Kier molecular flexibility index (Phi) is 6.15. The second kappa shape index (κ2) is 9.35. The van der Waals surface area contributed by atoms with E-state index in [1.807, 2.05) is 0 Å². The van der Waals surface area contributed by atoms with Crippen molar-refractivity contribution in [2.24, 2.45) is 0 Å². The zero-order valence-electron chi connectivity index (χ0n) is 19.1. The Balaban J connectivity index is 1.30. The van der Waals surface area contributed by atoms with Crippen molar-refractivity contribution in [3.05, 3.63) is 84.2 Å². The molecule has 164 valence electrons. The van der Waals surface area contributed by atoms with Crippen LogP contribution in [0.4, 0.5) is 0 Å². The van der Waals surface area contributed by atoms with Gasteiger partial charge < -0.3 is 0 Å². The third-order valence-corrected chi connectivity index (χ3v) is 6.96. The van der Waals surface area contributed by atoms with Gasteiger partial charge in [-0.25, -0.2) is 0 Å². The molecular weight excluding hydrogens is 392 g/mol. The van der Waals surface area contributed by atoms with Crippen molar-refractivity contribution in [1.29, 1.82) is 0 Å². The molecule has 32 heavy (non-hydrogen) atoms. The summed E-state index contributed by atoms with van der Waals surface area (Å²) in [6, 6.07) is 26.5. The van der Waals surface area contributed by atoms with Gasteiger partial charge in [-0.1, -0.05) is 61.4 Å². The molecule has 0 saturated heterocycles. The van der Waals surface area contributed by atoms with Crippen LogP contribution < -0.4 is 0 Å². The van der Waals surface area contributed by atoms with Gasteiger partial charge in [-0.3, -0.25) is 19.8 Å². The predicted molar refractivity (Wildman–Crippen MR) is 132 cm³/mol. The van der Waals surface area contributed by atoms with E-state index >= 15 is 0 Å². The molecule has 0 radical (unpaired) electrons. The van der Waals surface area contributed by atoms with Crippen LogP contribution in [0.15, 0.2) is 72.8 Å². The predicted octanol–water partition coefficient (Wildman–Crippen LogP) is 5.66. The van der Waals surface area contributed by atoms with Gasteiger partial charge in [0, 0.05) is 35.9 Å². The molecule has 0 spiro atoms. The molecule has 1 aliphatic rings. The lowest BCUT2D eigenvalue weighted by atomic mass is 9.88. The Labute approximate surface area is 190 Å². The fraction of sp³-hybridized carbons (Fsp3) is 0.357. The molecule has 4 nitrogen and oxygen atoms in total. The molecule has 2 aromatic heterocycles. The number of aromatic nitrogens is 2. The van der Waals surface area contributed by atoms with E-state index in [-0.39, 0.29) is 0 Å². The summed E-state index contributed by atoms with van der Waals surface area (Å²) >= 11 is 0. The van der Waals surface area contributed by atoms with E-state index in [1.54, 1.807) is 0 Å². The molecule has 0 bridgehead atoms. The van der Waals surface area contributed by atoms with Gasteiger partial charge >= 0.3 is 0 Å². The van der Waals surface area contributed by atoms with Gasteiger partial charge in [-0.05, 0) is 51.2 Å². The second-order valence-corrected chi connectivity index (χ2v) is 9.24. The highest BCUT2D eigenvalue weighted by molar-refractivity contribution is 5.79. The summed E-state index contributed by atoms with van der Waals surface area (Å²) in [5.74, 6) is 0. The number of fused-ring (bicyclic) bond motifs is 2. The first-order valence-corrected chi connectivity index (χ1v) is 11.8. The first kappa shape index (κ1) is 21.0. The molecule has 1 aliphatic carbocycles. The van der Waals surface area contributed by atoms with Gasteiger partial charge in [0.25, 0.3) is 0 Å². The highest BCUT2D eigenvalue weighted by atomic mass is 15.2. The summed E-state index contributed by atoms with van der Waals surface area (Å²) in [6.45, 7) is 1.77. The lowest BCUT2D eigenvalue weighted by Crippen LogP contribution is -2.50. The maximum Gasteiger partial charge on any atom is 0.0705 e. The summed E-state index contributed by atoms with van der Waals surface area (Å²) in [4.78, 5) is 14.9. The molecule has 2 atom stereocenters. The fourth-order valence-corrected chi connectivity index (χ4v) is 5.26. The molecule has 4 aromatic rings. The summed E-state index contributed by atoms with van der Waals surface area (Å²) in [5, 5.41) is 2.41. The van der Waals surface area contributed by atoms with Crippen LogP contribution >= 0.6 is 0 Å². The number of benzene rings is 2. The van der Waals surface area contributed by atoms with Crippen molar-refractivity contribution in [3.63, 3.8) is 0 Å². The minimum atomic E-state index is 0.530. The van der Waals surface area contributed by atoms with E-state index in [9.17, 15) is 0 Å². The number of likely N-dealkylation sites (N-methyl/N-ethyl adjacent to an activating group) is 2. The van der Waals surface area contributed by atoms with Crippen molar-refractivity contribution in [2.45, 2.75) is 50.9 Å². The summed E-state index contributed by atoms with van der Waals surface area (Å²) < 4.78 is 0. The molecule has 0 unspecified atom stereocenters. The number of rotatable bonds is 6. The summed E-state index contributed by atoms with van der Waals surface area (Å²) in [6.07, 6.45) is 5.09. The molecule has 0 amide bonds. The number of para-hydroxylation sites is 2. The van der Waals surface area contributed by atoms with Crippen LogP contribution in [0.25, 0.3) is 21.8 Å². The third-order valence-electron chi connectivity index (χ3n) is 6.96. The first-order chi connectivity index (χ1) is 15.7. The number of hydrogen-bond donors (Lipinski definition) is 0. The topological polar surface area (TPSA) is 32.3 Å². The lowest BCUT2D eigenvalue weighted by Gasteiger charge is -2.42. The molecule has 0 aliphatic heterocycles. The number of hydrogen-bond acceptors (Lipinski definition) is 4. The first-order valence-electron chi connectivity index (χ1n) is 11.8. The van der Waals surface area contributed by atoms with Crippen molar-refractivity contribution in [1.82, 2.24) is 19.8 Å². The zero-order valence-corrected chi connectivity index (χ0v) is 19.1. The molecule has 0 N–H and O–H groups in total. The van der Waals surface area contributed by atoms with E-state index in [4.69, 9.17) is 9.97 Å². The van der Waals surface area contributed by atoms with Gasteiger partial charge in [-0.2, -0.15) is 0 Å². The van der Waals surface area contributed by atoms with E-state index in [0.29, 0.717) is 12.1 Å². The standard InChI is InChI=1S/C28H32N4/c1-31(19-23-17-15-21-9-3-5-11-25(21)29-23)27-13-7-8-14-28(27)32(2)20-24-18-16-22-10-4-6-12-26(22)30-24/h3-6,9-12,15-18,27-28H,7-8,13-14,19-20H2,1-2H3/t27-,28-/m1/s1. The SMILES string of the molecule is CN(Cc1ccc2ccccc2n1)[C@@H]1CCCC[C@H]1N(C)Cc1ccc2ccccc2n1. The van der Waals surface area contributed by atoms with Crippen LogP contribution in [-0.4, -0.2) is 45.9 Å². The second-order valence-electron chi connectivity index (χ2n) is 9.24. The van der Waals surface area contributed by atoms with Crippen LogP contribution in [0, 0.1) is 0 Å². The fourth-order valence-electron chi connectivity index (χ4n) is 5.26.